The van der Waals surface area contributed by atoms with E-state index in [0.29, 0.717) is 31.6 Å². The Bertz CT molecular complexity index is 1400. The summed E-state index contributed by atoms with van der Waals surface area (Å²) in [4.78, 5) is 24.7. The van der Waals surface area contributed by atoms with Gasteiger partial charge in [-0.05, 0) is 36.2 Å². The van der Waals surface area contributed by atoms with Gasteiger partial charge < -0.3 is 24.4 Å². The Hall–Kier alpha value is -4.23. The van der Waals surface area contributed by atoms with Crippen molar-refractivity contribution in [2.45, 2.75) is 25.3 Å². The zero-order chi connectivity index (χ0) is 24.7. The van der Waals surface area contributed by atoms with Crippen LogP contribution >= 0.6 is 0 Å². The molecule has 1 aliphatic rings. The number of piperidine rings is 1. The first kappa shape index (κ1) is 22.6. The van der Waals surface area contributed by atoms with E-state index in [4.69, 9.17) is 5.11 Å². The van der Waals surface area contributed by atoms with Crippen LogP contribution < -0.4 is 10.2 Å². The number of carboxylic acids is 1. The molecule has 1 fully saturated rings. The maximum atomic E-state index is 15.0. The van der Waals surface area contributed by atoms with Crippen molar-refractivity contribution in [3.8, 4) is 0 Å². The van der Waals surface area contributed by atoms with E-state index >= 15 is 0 Å². The summed E-state index contributed by atoms with van der Waals surface area (Å²) in [5, 5.41) is 15.3. The highest BCUT2D eigenvalue weighted by atomic mass is 19.3. The van der Waals surface area contributed by atoms with Crippen molar-refractivity contribution in [2.75, 3.05) is 23.3 Å². The van der Waals surface area contributed by atoms with Gasteiger partial charge in [-0.15, -0.1) is 0 Å². The first-order valence-corrected chi connectivity index (χ1v) is 10.5. The number of halogens is 4. The summed E-state index contributed by atoms with van der Waals surface area (Å²) >= 11 is 0. The lowest BCUT2D eigenvalue weighted by atomic mass is 10.1. The molecule has 1 aliphatic heterocycles. The van der Waals surface area contributed by atoms with Gasteiger partial charge in [0.05, 0.1) is 16.6 Å². The van der Waals surface area contributed by atoms with Crippen LogP contribution in [0.4, 0.5) is 35.0 Å². The highest BCUT2D eigenvalue weighted by Crippen LogP contribution is 2.33. The summed E-state index contributed by atoms with van der Waals surface area (Å²) in [6.07, 6.45) is 0.705. The first-order chi connectivity index (χ1) is 16.8. The number of alkyl halides is 2. The molecule has 0 bridgehead atoms. The van der Waals surface area contributed by atoms with Crippen LogP contribution in [0, 0.1) is 11.6 Å². The Morgan fingerprint density at radius 1 is 1.17 bits per heavy atom. The number of benzene rings is 1. The van der Waals surface area contributed by atoms with Gasteiger partial charge in [-0.2, -0.15) is 13.8 Å². The molecule has 2 N–H and O–H groups in total. The van der Waals surface area contributed by atoms with Gasteiger partial charge in [-0.25, -0.2) is 23.5 Å². The van der Waals surface area contributed by atoms with Gasteiger partial charge in [0.1, 0.15) is 23.6 Å². The third-order valence-corrected chi connectivity index (χ3v) is 5.79. The van der Waals surface area contributed by atoms with Crippen molar-refractivity contribution >= 4 is 34.5 Å². The molecule has 4 heterocycles. The number of rotatable bonds is 6. The molecule has 0 atom stereocenters. The van der Waals surface area contributed by atoms with Crippen LogP contribution in [0.2, 0.25) is 0 Å². The molecule has 0 spiro atoms. The first-order valence-electron chi connectivity index (χ1n) is 10.5. The summed E-state index contributed by atoms with van der Waals surface area (Å²) in [5.41, 5.74) is -0.00453. The van der Waals surface area contributed by atoms with Crippen molar-refractivity contribution in [1.82, 2.24) is 24.7 Å². The van der Waals surface area contributed by atoms with E-state index in [1.807, 2.05) is 0 Å². The summed E-state index contributed by atoms with van der Waals surface area (Å²) < 4.78 is 61.0. The quantitative estimate of drug-likeness (QED) is 0.380. The molecule has 0 unspecified atom stereocenters. The SMILES string of the molecule is O=C(O)c1ccc(Nc2ncnc3c2c(F)cn3C2CCN(c3noc(C(F)F)n3)CC2)c(F)c1. The van der Waals surface area contributed by atoms with Crippen molar-refractivity contribution in [3.63, 3.8) is 0 Å². The highest BCUT2D eigenvalue weighted by Gasteiger charge is 2.28. The molecule has 0 amide bonds. The number of aromatic carboxylic acids is 1. The van der Waals surface area contributed by atoms with Crippen LogP contribution in [-0.2, 0) is 0 Å². The minimum Gasteiger partial charge on any atom is -0.478 e. The average molecular weight is 491 g/mol. The standard InChI is InChI=1S/C21H17F4N7O3/c22-12-7-10(20(33)34)1-2-14(12)28-17-15-13(23)8-32(18(15)27-9-26-17)11-3-5-31(6-4-11)21-29-19(16(24)25)35-30-21/h1-2,7-9,11,16H,3-6H2,(H,33,34)(H,26,27,28). The van der Waals surface area contributed by atoms with Crippen molar-refractivity contribution in [1.29, 1.82) is 0 Å². The Balaban J connectivity index is 1.37. The Labute approximate surface area is 194 Å². The maximum Gasteiger partial charge on any atom is 0.335 e. The number of hydrogen-bond acceptors (Lipinski definition) is 8. The molecule has 1 aromatic carbocycles. The Kier molecular flexibility index (Phi) is 5.70. The highest BCUT2D eigenvalue weighted by molar-refractivity contribution is 5.91. The summed E-state index contributed by atoms with van der Waals surface area (Å²) in [6.45, 7) is 0.844. The van der Waals surface area contributed by atoms with Gasteiger partial charge in [-0.3, -0.25) is 0 Å². The predicted molar refractivity (Wildman–Crippen MR) is 114 cm³/mol. The van der Waals surface area contributed by atoms with Gasteiger partial charge in [0.25, 0.3) is 11.8 Å². The second kappa shape index (κ2) is 8.85. The van der Waals surface area contributed by atoms with Gasteiger partial charge in [0.2, 0.25) is 0 Å². The van der Waals surface area contributed by atoms with E-state index in [2.05, 4.69) is 29.9 Å². The number of anilines is 3. The molecule has 14 heteroatoms. The maximum absolute atomic E-state index is 15.0. The van der Waals surface area contributed by atoms with Crippen LogP contribution in [0.1, 0.15) is 41.6 Å². The van der Waals surface area contributed by atoms with E-state index in [1.54, 1.807) is 9.47 Å². The largest absolute Gasteiger partial charge is 0.478 e. The molecule has 4 aromatic rings. The fourth-order valence-electron chi connectivity index (χ4n) is 4.08. The molecule has 182 valence electrons. The van der Waals surface area contributed by atoms with Crippen LogP contribution in [0.5, 0.6) is 0 Å². The topological polar surface area (TPSA) is 122 Å². The van der Waals surface area contributed by atoms with Crippen LogP contribution in [-0.4, -0.2) is 48.8 Å². The van der Waals surface area contributed by atoms with E-state index in [0.717, 1.165) is 6.07 Å². The second-order valence-electron chi connectivity index (χ2n) is 7.88. The zero-order valence-corrected chi connectivity index (χ0v) is 17.8. The third kappa shape index (κ3) is 4.22. The molecule has 0 saturated carbocycles. The predicted octanol–water partition coefficient (Wildman–Crippen LogP) is 4.31. The lowest BCUT2D eigenvalue weighted by Gasteiger charge is -2.31. The monoisotopic (exact) mass is 491 g/mol. The van der Waals surface area contributed by atoms with Crippen molar-refractivity contribution in [2.24, 2.45) is 0 Å². The normalized spacial score (nSPS) is 14.7. The van der Waals surface area contributed by atoms with Gasteiger partial charge in [0.15, 0.2) is 5.82 Å². The molecule has 0 aliphatic carbocycles. The fraction of sp³-hybridized carbons (Fsp3) is 0.286. The lowest BCUT2D eigenvalue weighted by Crippen LogP contribution is -2.35. The minimum atomic E-state index is -2.85. The van der Waals surface area contributed by atoms with Crippen LogP contribution in [0.3, 0.4) is 0 Å². The molecule has 5 rings (SSSR count). The number of nitrogens with one attached hydrogen (secondary N) is 1. The van der Waals surface area contributed by atoms with E-state index in [-0.39, 0.29) is 34.4 Å². The number of hydrogen-bond donors (Lipinski definition) is 2. The molecular formula is C21H17F4N7O3. The molecule has 0 radical (unpaired) electrons. The lowest BCUT2D eigenvalue weighted by molar-refractivity contribution is 0.0696. The van der Waals surface area contributed by atoms with Gasteiger partial charge in [-0.1, -0.05) is 0 Å². The van der Waals surface area contributed by atoms with Gasteiger partial charge in [0, 0.05) is 25.3 Å². The number of carbonyl (C=O) groups is 1. The number of fused-ring (bicyclic) bond motifs is 1. The number of nitrogens with zero attached hydrogens (tertiary/aromatic N) is 6. The average Bonchev–Trinajstić information content (AvgIpc) is 3.46. The zero-order valence-electron chi connectivity index (χ0n) is 17.8. The second-order valence-corrected chi connectivity index (χ2v) is 7.88. The van der Waals surface area contributed by atoms with Crippen LogP contribution in [0.15, 0.2) is 35.2 Å². The Morgan fingerprint density at radius 2 is 1.94 bits per heavy atom. The van der Waals surface area contributed by atoms with Gasteiger partial charge >= 0.3 is 12.4 Å². The van der Waals surface area contributed by atoms with E-state index in [9.17, 15) is 22.4 Å². The van der Waals surface area contributed by atoms with Crippen molar-refractivity contribution < 1.29 is 32.0 Å². The molecular weight excluding hydrogens is 474 g/mol. The Morgan fingerprint density at radius 3 is 2.60 bits per heavy atom. The molecule has 35 heavy (non-hydrogen) atoms. The molecule has 1 saturated heterocycles. The van der Waals surface area contributed by atoms with Crippen molar-refractivity contribution in [3.05, 3.63) is 53.8 Å². The van der Waals surface area contributed by atoms with E-state index < -0.39 is 29.9 Å². The summed E-state index contributed by atoms with van der Waals surface area (Å²) in [7, 11) is 0. The summed E-state index contributed by atoms with van der Waals surface area (Å²) in [6, 6.07) is 3.14. The van der Waals surface area contributed by atoms with E-state index in [1.165, 1.54) is 24.7 Å². The van der Waals surface area contributed by atoms with Crippen LogP contribution in [0.25, 0.3) is 11.0 Å². The molecule has 3 aromatic heterocycles. The number of carboxylic acid groups (broad SMARTS) is 1. The number of aromatic nitrogens is 5. The third-order valence-electron chi connectivity index (χ3n) is 5.79. The minimum absolute atomic E-state index is 0.0250. The smallest absolute Gasteiger partial charge is 0.335 e. The fourth-order valence-corrected chi connectivity index (χ4v) is 4.08. The molecule has 10 nitrogen and oxygen atoms in total. The summed E-state index contributed by atoms with van der Waals surface area (Å²) in [5.74, 6) is -3.37.